The minimum absolute atomic E-state index is 0.161. The zero-order valence-electron chi connectivity index (χ0n) is 13.2. The van der Waals surface area contributed by atoms with Crippen molar-refractivity contribution in [3.63, 3.8) is 0 Å². The van der Waals surface area contributed by atoms with E-state index in [1.807, 2.05) is 60.7 Å². The second-order valence-electron chi connectivity index (χ2n) is 5.04. The van der Waals surface area contributed by atoms with Crippen LogP contribution < -0.4 is 16.0 Å². The molecule has 0 radical (unpaired) electrons. The summed E-state index contributed by atoms with van der Waals surface area (Å²) in [6.07, 6.45) is 0. The topological polar surface area (TPSA) is 112 Å². The quantitative estimate of drug-likeness (QED) is 0.521. The molecule has 0 unspecified atom stereocenters. The van der Waals surface area contributed by atoms with E-state index in [4.69, 9.17) is 5.11 Å². The number of aromatic nitrogens is 3. The van der Waals surface area contributed by atoms with E-state index >= 15 is 0 Å². The van der Waals surface area contributed by atoms with Crippen LogP contribution in [0.25, 0.3) is 0 Å². The molecule has 0 aliphatic carbocycles. The average Bonchev–Trinajstić information content (AvgIpc) is 2.61. The van der Waals surface area contributed by atoms with Crippen molar-refractivity contribution < 1.29 is 9.90 Å². The fraction of sp³-hybridized carbons (Fsp3) is 0.0588. The van der Waals surface area contributed by atoms with Gasteiger partial charge in [-0.05, 0) is 24.3 Å². The Kier molecular flexibility index (Phi) is 5.01. The first kappa shape index (κ1) is 16.2. The van der Waals surface area contributed by atoms with Gasteiger partial charge in [0.2, 0.25) is 17.8 Å². The Balaban J connectivity index is 1.86. The molecule has 0 bridgehead atoms. The second kappa shape index (κ2) is 7.73. The maximum atomic E-state index is 10.8. The summed E-state index contributed by atoms with van der Waals surface area (Å²) in [7, 11) is 0. The molecule has 0 saturated carbocycles. The SMILES string of the molecule is O=C(O)CNc1nc(Nc2ccccc2)nc(Nc2ccccc2)n1. The predicted molar refractivity (Wildman–Crippen MR) is 95.4 cm³/mol. The van der Waals surface area contributed by atoms with Crippen molar-refractivity contribution in [3.05, 3.63) is 60.7 Å². The first-order valence-electron chi connectivity index (χ1n) is 7.55. The average molecular weight is 336 g/mol. The van der Waals surface area contributed by atoms with Crippen LogP contribution in [0.4, 0.5) is 29.2 Å². The Hall–Kier alpha value is -3.68. The van der Waals surface area contributed by atoms with E-state index in [9.17, 15) is 4.79 Å². The summed E-state index contributed by atoms with van der Waals surface area (Å²) in [4.78, 5) is 23.5. The highest BCUT2D eigenvalue weighted by atomic mass is 16.4. The Morgan fingerprint density at radius 2 is 1.20 bits per heavy atom. The van der Waals surface area contributed by atoms with Crippen LogP contribution in [-0.4, -0.2) is 32.6 Å². The molecular weight excluding hydrogens is 320 g/mol. The molecule has 0 spiro atoms. The van der Waals surface area contributed by atoms with Gasteiger partial charge in [-0.25, -0.2) is 0 Å². The van der Waals surface area contributed by atoms with Crippen molar-refractivity contribution in [2.24, 2.45) is 0 Å². The number of carboxylic acid groups (broad SMARTS) is 1. The Labute approximate surface area is 144 Å². The lowest BCUT2D eigenvalue weighted by Gasteiger charge is -2.10. The molecule has 0 amide bonds. The number of benzene rings is 2. The predicted octanol–water partition coefficient (Wildman–Crippen LogP) is 2.86. The van der Waals surface area contributed by atoms with Crippen molar-refractivity contribution in [1.29, 1.82) is 0 Å². The molecule has 2 aromatic carbocycles. The van der Waals surface area contributed by atoms with Gasteiger partial charge < -0.3 is 21.1 Å². The molecule has 4 N–H and O–H groups in total. The number of hydrogen-bond donors (Lipinski definition) is 4. The molecular formula is C17H16N6O2. The summed E-state index contributed by atoms with van der Waals surface area (Å²) < 4.78 is 0. The van der Waals surface area contributed by atoms with Gasteiger partial charge >= 0.3 is 5.97 Å². The molecule has 1 aromatic heterocycles. The molecule has 8 nitrogen and oxygen atoms in total. The van der Waals surface area contributed by atoms with Gasteiger partial charge in [-0.1, -0.05) is 36.4 Å². The molecule has 1 heterocycles. The Morgan fingerprint density at radius 1 is 0.760 bits per heavy atom. The van der Waals surface area contributed by atoms with Crippen molar-refractivity contribution in [3.8, 4) is 0 Å². The van der Waals surface area contributed by atoms with E-state index in [1.54, 1.807) is 0 Å². The van der Waals surface area contributed by atoms with E-state index < -0.39 is 5.97 Å². The van der Waals surface area contributed by atoms with Gasteiger partial charge in [0.1, 0.15) is 6.54 Å². The molecule has 25 heavy (non-hydrogen) atoms. The minimum Gasteiger partial charge on any atom is -0.480 e. The molecule has 3 aromatic rings. The van der Waals surface area contributed by atoms with Crippen LogP contribution in [0.5, 0.6) is 0 Å². The van der Waals surface area contributed by atoms with Crippen LogP contribution in [0, 0.1) is 0 Å². The maximum Gasteiger partial charge on any atom is 0.322 e. The number of rotatable bonds is 7. The number of nitrogens with one attached hydrogen (secondary N) is 3. The van der Waals surface area contributed by atoms with Crippen molar-refractivity contribution in [2.45, 2.75) is 0 Å². The summed E-state index contributed by atoms with van der Waals surface area (Å²) in [6, 6.07) is 18.8. The van der Waals surface area contributed by atoms with Crippen molar-refractivity contribution in [1.82, 2.24) is 15.0 Å². The molecule has 126 valence electrons. The minimum atomic E-state index is -1.00. The summed E-state index contributed by atoms with van der Waals surface area (Å²) >= 11 is 0. The van der Waals surface area contributed by atoms with Gasteiger partial charge in [-0.2, -0.15) is 15.0 Å². The molecule has 0 aliphatic rings. The smallest absolute Gasteiger partial charge is 0.322 e. The Bertz CT molecular complexity index is 783. The lowest BCUT2D eigenvalue weighted by atomic mass is 10.3. The lowest BCUT2D eigenvalue weighted by Crippen LogP contribution is -2.16. The monoisotopic (exact) mass is 336 g/mol. The first-order valence-corrected chi connectivity index (χ1v) is 7.55. The summed E-state index contributed by atoms with van der Waals surface area (Å²) in [5.74, 6) is -0.246. The van der Waals surface area contributed by atoms with E-state index in [0.29, 0.717) is 11.9 Å². The van der Waals surface area contributed by atoms with Crippen LogP contribution in [0.2, 0.25) is 0 Å². The molecule has 3 rings (SSSR count). The number of carbonyl (C=O) groups is 1. The number of nitrogens with zero attached hydrogens (tertiary/aromatic N) is 3. The van der Waals surface area contributed by atoms with E-state index in [0.717, 1.165) is 11.4 Å². The van der Waals surface area contributed by atoms with Gasteiger partial charge in [0.15, 0.2) is 0 Å². The van der Waals surface area contributed by atoms with E-state index in [2.05, 4.69) is 30.9 Å². The number of aliphatic carboxylic acids is 1. The normalized spacial score (nSPS) is 10.1. The molecule has 0 aliphatic heterocycles. The highest BCUT2D eigenvalue weighted by Gasteiger charge is 2.08. The standard InChI is InChI=1S/C17H16N6O2/c24-14(25)11-18-15-21-16(19-12-7-3-1-4-8-12)23-17(22-15)20-13-9-5-2-6-10-13/h1-10H,11H2,(H,24,25)(H3,18,19,20,21,22,23). The number of anilines is 5. The maximum absolute atomic E-state index is 10.8. The molecule has 0 saturated heterocycles. The third kappa shape index (κ3) is 4.90. The number of para-hydroxylation sites is 2. The van der Waals surface area contributed by atoms with E-state index in [1.165, 1.54) is 0 Å². The third-order valence-electron chi connectivity index (χ3n) is 3.09. The molecule has 8 heteroatoms. The largest absolute Gasteiger partial charge is 0.480 e. The van der Waals surface area contributed by atoms with Crippen molar-refractivity contribution in [2.75, 3.05) is 22.5 Å². The fourth-order valence-electron chi connectivity index (χ4n) is 2.02. The first-order chi connectivity index (χ1) is 12.2. The Morgan fingerprint density at radius 3 is 1.64 bits per heavy atom. The van der Waals surface area contributed by atoms with Gasteiger partial charge in [0, 0.05) is 11.4 Å². The summed E-state index contributed by atoms with van der Waals surface area (Å²) in [6.45, 7) is -0.292. The molecule has 0 fully saturated rings. The zero-order valence-corrected chi connectivity index (χ0v) is 13.2. The summed E-state index contributed by atoms with van der Waals surface area (Å²) in [5.41, 5.74) is 1.62. The van der Waals surface area contributed by atoms with E-state index in [-0.39, 0.29) is 12.5 Å². The van der Waals surface area contributed by atoms with Crippen LogP contribution in [-0.2, 0) is 4.79 Å². The number of carboxylic acids is 1. The second-order valence-corrected chi connectivity index (χ2v) is 5.04. The van der Waals surface area contributed by atoms with Gasteiger partial charge in [-0.15, -0.1) is 0 Å². The van der Waals surface area contributed by atoms with Crippen LogP contribution in [0.1, 0.15) is 0 Å². The van der Waals surface area contributed by atoms with Crippen LogP contribution >= 0.6 is 0 Å². The van der Waals surface area contributed by atoms with Crippen LogP contribution in [0.15, 0.2) is 60.7 Å². The van der Waals surface area contributed by atoms with Gasteiger partial charge in [0.25, 0.3) is 0 Å². The fourth-order valence-corrected chi connectivity index (χ4v) is 2.02. The van der Waals surface area contributed by atoms with Gasteiger partial charge in [-0.3, -0.25) is 4.79 Å². The molecule has 0 atom stereocenters. The van der Waals surface area contributed by atoms with Crippen molar-refractivity contribution >= 4 is 35.2 Å². The highest BCUT2D eigenvalue weighted by Crippen LogP contribution is 2.18. The zero-order chi connectivity index (χ0) is 17.5. The lowest BCUT2D eigenvalue weighted by molar-refractivity contribution is -0.134. The van der Waals surface area contributed by atoms with Gasteiger partial charge in [0.05, 0.1) is 0 Å². The number of hydrogen-bond acceptors (Lipinski definition) is 7. The summed E-state index contributed by atoms with van der Waals surface area (Å²) in [5, 5.41) is 17.6. The third-order valence-corrected chi connectivity index (χ3v) is 3.09. The highest BCUT2D eigenvalue weighted by molar-refractivity contribution is 5.72. The van der Waals surface area contributed by atoms with Crippen LogP contribution in [0.3, 0.4) is 0 Å².